The lowest BCUT2D eigenvalue weighted by Gasteiger charge is -2.32. The second kappa shape index (κ2) is 8.28. The molecule has 1 aromatic carbocycles. The van der Waals surface area contributed by atoms with Gasteiger partial charge in [0.25, 0.3) is 11.8 Å². The predicted octanol–water partition coefficient (Wildman–Crippen LogP) is 1.88. The van der Waals surface area contributed by atoms with Crippen molar-refractivity contribution >= 4 is 11.8 Å². The first kappa shape index (κ1) is 17.0. The van der Waals surface area contributed by atoms with E-state index in [-0.39, 0.29) is 24.5 Å². The molecular formula is C19H21N3O3. The van der Waals surface area contributed by atoms with Gasteiger partial charge in [0.2, 0.25) is 0 Å². The summed E-state index contributed by atoms with van der Waals surface area (Å²) in [4.78, 5) is 30.2. The zero-order valence-electron chi connectivity index (χ0n) is 13.9. The number of nitrogens with one attached hydrogen (secondary N) is 1. The standard InChI is InChI=1S/C19H21N3O3/c23-18(14-25-16-6-2-1-3-7-16)22-12-9-15(10-13-22)21-19(24)17-8-4-5-11-20-17/h1-8,11,15H,9-10,12-14H2,(H,21,24). The highest BCUT2D eigenvalue weighted by Gasteiger charge is 2.24. The van der Waals surface area contributed by atoms with E-state index in [4.69, 9.17) is 4.74 Å². The molecule has 130 valence electrons. The summed E-state index contributed by atoms with van der Waals surface area (Å²) in [5.41, 5.74) is 0.414. The van der Waals surface area contributed by atoms with Crippen LogP contribution >= 0.6 is 0 Å². The van der Waals surface area contributed by atoms with Gasteiger partial charge >= 0.3 is 0 Å². The van der Waals surface area contributed by atoms with E-state index in [1.807, 2.05) is 30.3 Å². The molecule has 2 heterocycles. The van der Waals surface area contributed by atoms with Crippen LogP contribution in [0, 0.1) is 0 Å². The second-order valence-electron chi connectivity index (χ2n) is 5.95. The summed E-state index contributed by atoms with van der Waals surface area (Å²) in [6.45, 7) is 1.27. The molecule has 1 saturated heterocycles. The number of benzene rings is 1. The van der Waals surface area contributed by atoms with Crippen LogP contribution in [0.15, 0.2) is 54.7 Å². The summed E-state index contributed by atoms with van der Waals surface area (Å²) in [6.07, 6.45) is 3.06. The number of carbonyl (C=O) groups excluding carboxylic acids is 2. The molecule has 1 fully saturated rings. The Labute approximate surface area is 146 Å². The van der Waals surface area contributed by atoms with E-state index in [0.717, 1.165) is 12.8 Å². The summed E-state index contributed by atoms with van der Waals surface area (Å²) >= 11 is 0. The van der Waals surface area contributed by atoms with Crippen LogP contribution in [0.5, 0.6) is 5.75 Å². The van der Waals surface area contributed by atoms with Gasteiger partial charge in [-0.05, 0) is 37.1 Å². The molecule has 6 heteroatoms. The molecule has 3 rings (SSSR count). The van der Waals surface area contributed by atoms with E-state index in [0.29, 0.717) is 24.5 Å². The van der Waals surface area contributed by atoms with Crippen LogP contribution in [0.25, 0.3) is 0 Å². The summed E-state index contributed by atoms with van der Waals surface area (Å²) in [5, 5.41) is 2.98. The fourth-order valence-corrected chi connectivity index (χ4v) is 2.78. The van der Waals surface area contributed by atoms with Crippen LogP contribution in [-0.4, -0.2) is 47.4 Å². The number of nitrogens with zero attached hydrogens (tertiary/aromatic N) is 2. The molecule has 0 unspecified atom stereocenters. The third-order valence-electron chi connectivity index (χ3n) is 4.19. The van der Waals surface area contributed by atoms with Gasteiger partial charge in [0.05, 0.1) is 0 Å². The van der Waals surface area contributed by atoms with Gasteiger partial charge in [0.1, 0.15) is 11.4 Å². The molecule has 1 aromatic heterocycles. The molecule has 0 spiro atoms. The van der Waals surface area contributed by atoms with Crippen molar-refractivity contribution in [2.75, 3.05) is 19.7 Å². The second-order valence-corrected chi connectivity index (χ2v) is 5.95. The minimum absolute atomic E-state index is 0.0293. The van der Waals surface area contributed by atoms with Gasteiger partial charge < -0.3 is 15.0 Å². The predicted molar refractivity (Wildman–Crippen MR) is 93.2 cm³/mol. The largest absolute Gasteiger partial charge is 0.484 e. The monoisotopic (exact) mass is 339 g/mol. The van der Waals surface area contributed by atoms with E-state index in [2.05, 4.69) is 10.3 Å². The number of hydrogen-bond donors (Lipinski definition) is 1. The Morgan fingerprint density at radius 3 is 2.48 bits per heavy atom. The van der Waals surface area contributed by atoms with Crippen molar-refractivity contribution in [1.29, 1.82) is 0 Å². The fraction of sp³-hybridized carbons (Fsp3) is 0.316. The Bertz CT molecular complexity index is 698. The maximum absolute atomic E-state index is 12.2. The SMILES string of the molecule is O=C(NC1CCN(C(=O)COc2ccccc2)CC1)c1ccccn1. The summed E-state index contributed by atoms with van der Waals surface area (Å²) in [6, 6.07) is 14.6. The highest BCUT2D eigenvalue weighted by molar-refractivity contribution is 5.92. The van der Waals surface area contributed by atoms with Gasteiger partial charge in [-0.15, -0.1) is 0 Å². The quantitative estimate of drug-likeness (QED) is 0.903. The average molecular weight is 339 g/mol. The van der Waals surface area contributed by atoms with Crippen molar-refractivity contribution < 1.29 is 14.3 Å². The zero-order chi connectivity index (χ0) is 17.5. The fourth-order valence-electron chi connectivity index (χ4n) is 2.78. The Balaban J connectivity index is 1.42. The number of rotatable bonds is 5. The minimum Gasteiger partial charge on any atom is -0.484 e. The first-order chi connectivity index (χ1) is 12.2. The Morgan fingerprint density at radius 1 is 1.08 bits per heavy atom. The molecule has 2 amide bonds. The average Bonchev–Trinajstić information content (AvgIpc) is 2.68. The molecule has 0 bridgehead atoms. The molecule has 1 aliphatic rings. The lowest BCUT2D eigenvalue weighted by Crippen LogP contribution is -2.47. The van der Waals surface area contributed by atoms with Gasteiger partial charge in [-0.3, -0.25) is 14.6 Å². The normalized spacial score (nSPS) is 14.8. The van der Waals surface area contributed by atoms with Crippen molar-refractivity contribution in [1.82, 2.24) is 15.2 Å². The molecule has 25 heavy (non-hydrogen) atoms. The lowest BCUT2D eigenvalue weighted by molar-refractivity contribution is -0.134. The first-order valence-electron chi connectivity index (χ1n) is 8.40. The minimum atomic E-state index is -0.169. The van der Waals surface area contributed by atoms with Crippen LogP contribution in [0.4, 0.5) is 0 Å². The Hall–Kier alpha value is -2.89. The van der Waals surface area contributed by atoms with Gasteiger partial charge in [0.15, 0.2) is 6.61 Å². The molecule has 6 nitrogen and oxygen atoms in total. The van der Waals surface area contributed by atoms with Crippen molar-refractivity contribution in [2.24, 2.45) is 0 Å². The highest BCUT2D eigenvalue weighted by atomic mass is 16.5. The number of aromatic nitrogens is 1. The van der Waals surface area contributed by atoms with Crippen LogP contribution < -0.4 is 10.1 Å². The number of pyridine rings is 1. The van der Waals surface area contributed by atoms with Gasteiger partial charge in [0, 0.05) is 25.3 Å². The molecule has 1 N–H and O–H groups in total. The lowest BCUT2D eigenvalue weighted by atomic mass is 10.0. The summed E-state index contributed by atoms with van der Waals surface area (Å²) < 4.78 is 5.50. The number of hydrogen-bond acceptors (Lipinski definition) is 4. The van der Waals surface area contributed by atoms with Crippen LogP contribution in [0.2, 0.25) is 0 Å². The maximum Gasteiger partial charge on any atom is 0.270 e. The molecule has 1 aliphatic heterocycles. The van der Waals surface area contributed by atoms with Crippen molar-refractivity contribution in [2.45, 2.75) is 18.9 Å². The maximum atomic E-state index is 12.2. The molecule has 0 saturated carbocycles. The van der Waals surface area contributed by atoms with E-state index in [9.17, 15) is 9.59 Å². The van der Waals surface area contributed by atoms with Crippen LogP contribution in [0.1, 0.15) is 23.3 Å². The third kappa shape index (κ3) is 4.79. The van der Waals surface area contributed by atoms with Crippen LogP contribution in [0.3, 0.4) is 0 Å². The number of ether oxygens (including phenoxy) is 1. The van der Waals surface area contributed by atoms with Crippen molar-refractivity contribution in [3.63, 3.8) is 0 Å². The van der Waals surface area contributed by atoms with E-state index in [1.54, 1.807) is 29.3 Å². The van der Waals surface area contributed by atoms with Crippen molar-refractivity contribution in [3.8, 4) is 5.75 Å². The number of para-hydroxylation sites is 1. The third-order valence-corrected chi connectivity index (χ3v) is 4.19. The Kier molecular flexibility index (Phi) is 5.61. The molecule has 0 radical (unpaired) electrons. The molecule has 2 aromatic rings. The molecule has 0 atom stereocenters. The van der Waals surface area contributed by atoms with Gasteiger partial charge in [-0.25, -0.2) is 0 Å². The van der Waals surface area contributed by atoms with Crippen LogP contribution in [-0.2, 0) is 4.79 Å². The Morgan fingerprint density at radius 2 is 1.80 bits per heavy atom. The topological polar surface area (TPSA) is 71.5 Å². The van der Waals surface area contributed by atoms with Gasteiger partial charge in [-0.1, -0.05) is 24.3 Å². The van der Waals surface area contributed by atoms with E-state index < -0.39 is 0 Å². The number of likely N-dealkylation sites (tertiary alicyclic amines) is 1. The number of piperidine rings is 1. The highest BCUT2D eigenvalue weighted by Crippen LogP contribution is 2.13. The summed E-state index contributed by atoms with van der Waals surface area (Å²) in [7, 11) is 0. The smallest absolute Gasteiger partial charge is 0.270 e. The van der Waals surface area contributed by atoms with E-state index in [1.165, 1.54) is 0 Å². The molecule has 0 aliphatic carbocycles. The number of carbonyl (C=O) groups is 2. The summed E-state index contributed by atoms with van der Waals surface area (Å²) in [5.74, 6) is 0.490. The van der Waals surface area contributed by atoms with Gasteiger partial charge in [-0.2, -0.15) is 0 Å². The number of amides is 2. The first-order valence-corrected chi connectivity index (χ1v) is 8.40. The van der Waals surface area contributed by atoms with E-state index >= 15 is 0 Å². The zero-order valence-corrected chi connectivity index (χ0v) is 13.9. The van der Waals surface area contributed by atoms with Crippen molar-refractivity contribution in [3.05, 3.63) is 60.4 Å². The molecular weight excluding hydrogens is 318 g/mol.